The molecule has 0 spiro atoms. The highest BCUT2D eigenvalue weighted by atomic mass is 16.7. The molecule has 2 aliphatic heterocycles. The van der Waals surface area contributed by atoms with Crippen LogP contribution in [-0.4, -0.2) is 92.6 Å². The van der Waals surface area contributed by atoms with Gasteiger partial charge in [-0.2, -0.15) is 0 Å². The van der Waals surface area contributed by atoms with E-state index in [1.54, 1.807) is 26.2 Å². The minimum Gasteiger partial charge on any atom is -0.358 e. The molecule has 0 saturated carbocycles. The van der Waals surface area contributed by atoms with Crippen LogP contribution in [0.3, 0.4) is 0 Å². The summed E-state index contributed by atoms with van der Waals surface area (Å²) in [6.45, 7) is 6.83. The number of benzene rings is 3. The topological polar surface area (TPSA) is 106 Å². The highest BCUT2D eigenvalue weighted by Crippen LogP contribution is 2.38. The maximum Gasteiger partial charge on any atom is 0.277 e. The lowest BCUT2D eigenvalue weighted by Crippen LogP contribution is -2.50. The number of rotatable bonds is 10. The van der Waals surface area contributed by atoms with Crippen LogP contribution in [0.2, 0.25) is 0 Å². The van der Waals surface area contributed by atoms with Gasteiger partial charge in [-0.25, -0.2) is 5.06 Å². The average Bonchev–Trinajstić information content (AvgIpc) is 3.35. The van der Waals surface area contributed by atoms with E-state index in [0.29, 0.717) is 36.5 Å². The molecule has 224 valence electrons. The number of nitrogens with zero attached hydrogens (tertiary/aromatic N) is 3. The molecule has 0 unspecified atom stereocenters. The maximum atomic E-state index is 13.1. The predicted molar refractivity (Wildman–Crippen MR) is 168 cm³/mol. The third-order valence-corrected chi connectivity index (χ3v) is 7.72. The molecule has 3 aromatic carbocycles. The van der Waals surface area contributed by atoms with Crippen LogP contribution in [0.5, 0.6) is 0 Å². The summed E-state index contributed by atoms with van der Waals surface area (Å²) >= 11 is 0. The third-order valence-electron chi connectivity index (χ3n) is 7.72. The van der Waals surface area contributed by atoms with Gasteiger partial charge in [0, 0.05) is 69.3 Å². The Hall–Kier alpha value is -4.51. The summed E-state index contributed by atoms with van der Waals surface area (Å²) in [5.74, 6) is -0.386. The van der Waals surface area contributed by atoms with Crippen molar-refractivity contribution in [1.29, 1.82) is 0 Å². The lowest BCUT2D eigenvalue weighted by Gasteiger charge is -2.34. The summed E-state index contributed by atoms with van der Waals surface area (Å²) in [6.07, 6.45) is 0. The van der Waals surface area contributed by atoms with Gasteiger partial charge in [0.2, 0.25) is 5.91 Å². The quantitative estimate of drug-likeness (QED) is 0.249. The zero-order valence-electron chi connectivity index (χ0n) is 24.9. The molecule has 1 saturated heterocycles. The van der Waals surface area contributed by atoms with Crippen molar-refractivity contribution >= 4 is 40.4 Å². The van der Waals surface area contributed by atoms with E-state index in [1.165, 1.54) is 5.06 Å². The van der Waals surface area contributed by atoms with E-state index >= 15 is 0 Å². The Morgan fingerprint density at radius 2 is 1.63 bits per heavy atom. The van der Waals surface area contributed by atoms with E-state index < -0.39 is 0 Å². The van der Waals surface area contributed by atoms with Gasteiger partial charge in [-0.3, -0.25) is 29.0 Å². The molecule has 3 amide bonds. The first-order valence-corrected chi connectivity index (χ1v) is 14.5. The molecule has 10 nitrogen and oxygen atoms in total. The molecule has 5 rings (SSSR count). The fraction of sp³-hybridized carbons (Fsp3) is 0.303. The predicted octanol–water partition coefficient (Wildman–Crippen LogP) is 3.29. The lowest BCUT2D eigenvalue weighted by atomic mass is 9.99. The van der Waals surface area contributed by atoms with Gasteiger partial charge >= 0.3 is 0 Å². The molecule has 0 atom stereocenters. The number of aryl methyl sites for hydroxylation is 1. The number of nitrogens with one attached hydrogen (secondary N) is 3. The van der Waals surface area contributed by atoms with Crippen molar-refractivity contribution in [2.45, 2.75) is 6.92 Å². The molecule has 3 aromatic rings. The van der Waals surface area contributed by atoms with Crippen LogP contribution in [0, 0.1) is 6.92 Å². The molecule has 2 aliphatic rings. The van der Waals surface area contributed by atoms with E-state index in [9.17, 15) is 14.4 Å². The Balaban J connectivity index is 1.20. The summed E-state index contributed by atoms with van der Waals surface area (Å²) in [5.41, 5.74) is 6.08. The largest absolute Gasteiger partial charge is 0.358 e. The summed E-state index contributed by atoms with van der Waals surface area (Å²) in [7, 11) is 3.27. The van der Waals surface area contributed by atoms with Crippen molar-refractivity contribution in [3.8, 4) is 0 Å². The minimum absolute atomic E-state index is 0.0245. The average molecular weight is 583 g/mol. The Kier molecular flexibility index (Phi) is 9.51. The number of amides is 3. The lowest BCUT2D eigenvalue weighted by molar-refractivity contribution is -0.122. The van der Waals surface area contributed by atoms with Gasteiger partial charge in [-0.15, -0.1) is 0 Å². The van der Waals surface area contributed by atoms with Crippen LogP contribution < -0.4 is 16.0 Å². The maximum absolute atomic E-state index is 13.1. The molecule has 2 heterocycles. The molecular formula is C33H38N6O4. The Bertz CT molecular complexity index is 1500. The summed E-state index contributed by atoms with van der Waals surface area (Å²) in [6, 6.07) is 22.8. The second-order valence-corrected chi connectivity index (χ2v) is 10.7. The first-order chi connectivity index (χ1) is 20.8. The molecule has 43 heavy (non-hydrogen) atoms. The minimum atomic E-state index is -0.247. The van der Waals surface area contributed by atoms with Crippen molar-refractivity contribution in [3.63, 3.8) is 0 Å². The number of carbonyl (C=O) groups is 3. The molecular weight excluding hydrogens is 544 g/mol. The van der Waals surface area contributed by atoms with E-state index in [1.807, 2.05) is 67.6 Å². The SMILES string of the molecule is CNC(=O)CN1CCN(CCON(C)C(=O)c2ccc(N/C(=C3\C(=O)Nc4cc(C)ccc43)c3ccccc3)cc2)CC1. The number of hydroxylamine groups is 2. The van der Waals surface area contributed by atoms with Crippen molar-refractivity contribution in [1.82, 2.24) is 20.2 Å². The Morgan fingerprint density at radius 1 is 0.930 bits per heavy atom. The fourth-order valence-electron chi connectivity index (χ4n) is 5.26. The molecule has 0 aromatic heterocycles. The summed E-state index contributed by atoms with van der Waals surface area (Å²) in [5, 5.41) is 10.4. The monoisotopic (exact) mass is 582 g/mol. The van der Waals surface area contributed by atoms with Crippen LogP contribution in [0.4, 0.5) is 11.4 Å². The second-order valence-electron chi connectivity index (χ2n) is 10.7. The van der Waals surface area contributed by atoms with Crippen LogP contribution >= 0.6 is 0 Å². The van der Waals surface area contributed by atoms with Crippen LogP contribution in [0.1, 0.15) is 27.0 Å². The second kappa shape index (κ2) is 13.6. The Labute approximate surface area is 252 Å². The van der Waals surface area contributed by atoms with Crippen molar-refractivity contribution < 1.29 is 19.2 Å². The third kappa shape index (κ3) is 7.29. The highest BCUT2D eigenvalue weighted by molar-refractivity contribution is 6.37. The molecule has 0 aliphatic carbocycles. The molecule has 0 radical (unpaired) electrons. The first kappa shape index (κ1) is 30.0. The number of hydrogen-bond acceptors (Lipinski definition) is 7. The van der Waals surface area contributed by atoms with E-state index in [-0.39, 0.29) is 17.7 Å². The molecule has 1 fully saturated rings. The Morgan fingerprint density at radius 3 is 2.33 bits per heavy atom. The van der Waals surface area contributed by atoms with Crippen LogP contribution in [0.15, 0.2) is 72.8 Å². The van der Waals surface area contributed by atoms with Crippen molar-refractivity contribution in [3.05, 3.63) is 95.1 Å². The first-order valence-electron chi connectivity index (χ1n) is 14.5. The van der Waals surface area contributed by atoms with Crippen molar-refractivity contribution in [2.24, 2.45) is 0 Å². The van der Waals surface area contributed by atoms with E-state index in [0.717, 1.165) is 54.2 Å². The van der Waals surface area contributed by atoms with Crippen LogP contribution in [0.25, 0.3) is 11.3 Å². The number of carbonyl (C=O) groups excluding carboxylic acids is 3. The van der Waals surface area contributed by atoms with Gasteiger partial charge in [0.25, 0.3) is 11.8 Å². The van der Waals surface area contributed by atoms with Gasteiger partial charge in [0.1, 0.15) is 0 Å². The smallest absolute Gasteiger partial charge is 0.277 e. The highest BCUT2D eigenvalue weighted by Gasteiger charge is 2.28. The normalized spacial score (nSPS) is 16.3. The van der Waals surface area contributed by atoms with Gasteiger partial charge in [-0.1, -0.05) is 42.5 Å². The zero-order valence-corrected chi connectivity index (χ0v) is 24.9. The molecule has 0 bridgehead atoms. The van der Waals surface area contributed by atoms with Gasteiger partial charge < -0.3 is 16.0 Å². The standard InChI is InChI=1S/C33H38N6O4/c1-23-9-14-27-28(21-23)36-32(41)30(27)31(24-7-5-4-6-8-24)35-26-12-10-25(11-13-26)33(42)37(3)43-20-19-38-15-17-39(18-16-38)22-29(40)34-2/h4-14,21,35H,15-20,22H2,1-3H3,(H,34,40)(H,36,41)/b31-30-. The van der Waals surface area contributed by atoms with Crippen molar-refractivity contribution in [2.75, 3.05) is 70.6 Å². The molecule has 3 N–H and O–H groups in total. The van der Waals surface area contributed by atoms with Crippen LogP contribution in [-0.2, 0) is 14.4 Å². The summed E-state index contributed by atoms with van der Waals surface area (Å²) < 4.78 is 0. The van der Waals surface area contributed by atoms with Gasteiger partial charge in [0.15, 0.2) is 0 Å². The number of likely N-dealkylation sites (N-methyl/N-ethyl adjacent to an activating group) is 1. The fourth-order valence-corrected chi connectivity index (χ4v) is 5.26. The zero-order chi connectivity index (χ0) is 30.3. The summed E-state index contributed by atoms with van der Waals surface area (Å²) in [4.78, 5) is 47.9. The number of hydrogen-bond donors (Lipinski definition) is 3. The van der Waals surface area contributed by atoms with Gasteiger partial charge in [0.05, 0.1) is 24.4 Å². The van der Waals surface area contributed by atoms with E-state index in [4.69, 9.17) is 4.84 Å². The van der Waals surface area contributed by atoms with Gasteiger partial charge in [-0.05, 0) is 48.4 Å². The van der Waals surface area contributed by atoms with E-state index in [2.05, 4.69) is 25.8 Å². The molecule has 10 heteroatoms. The number of fused-ring (bicyclic) bond motifs is 1. The number of anilines is 2. The number of piperazine rings is 1.